The zero-order valence-electron chi connectivity index (χ0n) is 21.5. The van der Waals surface area contributed by atoms with Crippen LogP contribution in [0.25, 0.3) is 0 Å². The van der Waals surface area contributed by atoms with Gasteiger partial charge in [-0.1, -0.05) is 104 Å². The zero-order valence-corrected chi connectivity index (χ0v) is 22.4. The summed E-state index contributed by atoms with van der Waals surface area (Å²) in [6.45, 7) is 7.24. The molecule has 0 aromatic heterocycles. The molecule has 0 bridgehead atoms. The molecule has 190 valence electrons. The maximum atomic E-state index is 15.6. The van der Waals surface area contributed by atoms with Crippen LogP contribution in [-0.4, -0.2) is 21.4 Å². The molecule has 5 heteroatoms. The van der Waals surface area contributed by atoms with E-state index in [1.165, 1.54) is 0 Å². The monoisotopic (exact) mass is 503 g/mol. The molecule has 3 aromatic carbocycles. The Balaban J connectivity index is 1.66. The molecule has 1 N–H and O–H groups in total. The van der Waals surface area contributed by atoms with E-state index in [-0.39, 0.29) is 17.6 Å². The second-order valence-corrected chi connectivity index (χ2v) is 13.5. The number of benzene rings is 3. The summed E-state index contributed by atoms with van der Waals surface area (Å²) in [5.74, 6) is 0.815. The number of hydrogen-bond donors (Lipinski definition) is 1. The third-order valence-electron chi connectivity index (χ3n) is 8.36. The Morgan fingerprint density at radius 3 is 2.08 bits per heavy atom. The summed E-state index contributed by atoms with van der Waals surface area (Å²) >= 11 is 0. The Hall–Kier alpha value is -2.07. The van der Waals surface area contributed by atoms with Gasteiger partial charge in [0, 0.05) is 5.92 Å². The molecule has 1 aliphatic carbocycles. The normalized spacial score (nSPS) is 29.8. The third-order valence-corrected chi connectivity index (χ3v) is 11.5. The average Bonchev–Trinajstić information content (AvgIpc) is 2.88. The lowest BCUT2D eigenvalue weighted by atomic mass is 9.71. The standard InChI is InChI=1S/C31H38NO3P/c1-23-19-20-27-28(21-23)35-36(34,32(31(27,2)3)22-24-13-7-4-8-14-24)30(26-17-11-6-12-18-26)29(33)25-15-9-5-10-16-25/h4-18,23,27-30,33H,19-22H2,1-3H3/t23-,27-,28-,29-,30-,36?/m1/s1. The molecule has 36 heavy (non-hydrogen) atoms. The highest BCUT2D eigenvalue weighted by atomic mass is 31.2. The average molecular weight is 504 g/mol. The number of aliphatic hydroxyl groups is 1. The molecule has 1 aliphatic heterocycles. The molecule has 6 atom stereocenters. The van der Waals surface area contributed by atoms with Crippen LogP contribution in [0.1, 0.15) is 68.5 Å². The van der Waals surface area contributed by atoms with E-state index in [0.29, 0.717) is 12.5 Å². The van der Waals surface area contributed by atoms with Crippen molar-refractivity contribution in [1.82, 2.24) is 4.67 Å². The molecule has 4 nitrogen and oxygen atoms in total. The van der Waals surface area contributed by atoms with Gasteiger partial charge in [-0.3, -0.25) is 0 Å². The molecule has 1 saturated heterocycles. The van der Waals surface area contributed by atoms with Crippen LogP contribution in [0.5, 0.6) is 0 Å². The van der Waals surface area contributed by atoms with E-state index in [2.05, 4.69) is 37.6 Å². The first-order valence-corrected chi connectivity index (χ1v) is 14.8. The minimum Gasteiger partial charge on any atom is -0.640 e. The molecule has 2 aliphatic rings. The second kappa shape index (κ2) is 10.4. The van der Waals surface area contributed by atoms with Crippen LogP contribution in [0.4, 0.5) is 0 Å². The molecule has 0 amide bonds. The lowest BCUT2D eigenvalue weighted by Gasteiger charge is -2.60. The van der Waals surface area contributed by atoms with Gasteiger partial charge in [-0.05, 0) is 49.3 Å². The van der Waals surface area contributed by atoms with Gasteiger partial charge in [-0.15, -0.1) is 4.67 Å². The number of rotatable bonds is 6. The Labute approximate surface area is 216 Å². The summed E-state index contributed by atoms with van der Waals surface area (Å²) in [5, 5.41) is 11.9. The van der Waals surface area contributed by atoms with E-state index in [9.17, 15) is 5.11 Å². The first-order valence-electron chi connectivity index (χ1n) is 13.2. The van der Waals surface area contributed by atoms with E-state index in [1.807, 2.05) is 78.9 Å². The Bertz CT molecular complexity index is 1130. The van der Waals surface area contributed by atoms with Crippen molar-refractivity contribution in [2.24, 2.45) is 11.8 Å². The van der Waals surface area contributed by atoms with E-state index in [4.69, 9.17) is 4.52 Å². The van der Waals surface area contributed by atoms with Crippen molar-refractivity contribution in [3.63, 3.8) is 0 Å². The van der Waals surface area contributed by atoms with Gasteiger partial charge in [0.15, 0.2) is 13.5 Å². The summed E-state index contributed by atoms with van der Waals surface area (Å²) in [7, 11) is -3.60. The van der Waals surface area contributed by atoms with Crippen LogP contribution in [0, 0.1) is 11.8 Å². The highest BCUT2D eigenvalue weighted by Crippen LogP contribution is 2.76. The van der Waals surface area contributed by atoms with Crippen LogP contribution >= 0.6 is 7.87 Å². The van der Waals surface area contributed by atoms with Crippen molar-refractivity contribution in [2.45, 2.75) is 70.0 Å². The van der Waals surface area contributed by atoms with E-state index in [1.54, 1.807) is 0 Å². The Morgan fingerprint density at radius 1 is 0.917 bits per heavy atom. The molecule has 1 unspecified atom stereocenters. The van der Waals surface area contributed by atoms with Gasteiger partial charge in [0.2, 0.25) is 0 Å². The number of nitrogens with zero attached hydrogens (tertiary/aromatic N) is 1. The molecule has 2 fully saturated rings. The van der Waals surface area contributed by atoms with Crippen molar-refractivity contribution in [2.75, 3.05) is 0 Å². The highest BCUT2D eigenvalue weighted by molar-refractivity contribution is 7.62. The van der Waals surface area contributed by atoms with Crippen molar-refractivity contribution >= 4 is 7.87 Å². The fourth-order valence-electron chi connectivity index (χ4n) is 6.36. The minimum absolute atomic E-state index is 0.0872. The maximum absolute atomic E-state index is 15.6. The largest absolute Gasteiger partial charge is 0.640 e. The first kappa shape index (κ1) is 25.6. The van der Waals surface area contributed by atoms with Crippen LogP contribution in [0.2, 0.25) is 0 Å². The van der Waals surface area contributed by atoms with Crippen molar-refractivity contribution in [3.8, 4) is 0 Å². The smallest absolute Gasteiger partial charge is 0.185 e. The molecular formula is C31H38NO3P. The zero-order chi connectivity index (χ0) is 25.3. The minimum atomic E-state index is -3.60. The lowest BCUT2D eigenvalue weighted by molar-refractivity contribution is -0.242. The second-order valence-electron chi connectivity index (χ2n) is 11.1. The highest BCUT2D eigenvalue weighted by Gasteiger charge is 2.63. The van der Waals surface area contributed by atoms with Gasteiger partial charge in [-0.25, -0.2) is 4.52 Å². The number of hydrogen-bond acceptors (Lipinski definition) is 4. The third kappa shape index (κ3) is 4.78. The number of aliphatic hydroxyl groups excluding tert-OH is 1. The summed E-state index contributed by atoms with van der Waals surface area (Å²) in [5.41, 5.74) is 1.62. The van der Waals surface area contributed by atoms with Crippen molar-refractivity contribution in [1.29, 1.82) is 0 Å². The van der Waals surface area contributed by atoms with E-state index < -0.39 is 19.6 Å². The number of fused-ring (bicyclic) bond motifs is 1. The Kier molecular flexibility index (Phi) is 7.36. The molecular weight excluding hydrogens is 465 g/mol. The fraction of sp³-hybridized carbons (Fsp3) is 0.419. The molecule has 0 radical (unpaired) electrons. The SMILES string of the molecule is C[C@@H]1CC[C@@H]2[C@@H](C1)O[P+]([O-])([C@H](c1ccccc1)[C@H](O)c1ccccc1)N(Cc1ccccc1)C2(C)C. The van der Waals surface area contributed by atoms with Gasteiger partial charge in [0.25, 0.3) is 0 Å². The molecule has 0 spiro atoms. The molecule has 1 saturated carbocycles. The lowest BCUT2D eigenvalue weighted by Crippen LogP contribution is -2.61. The molecule has 3 aromatic rings. The van der Waals surface area contributed by atoms with Gasteiger partial charge in [-0.2, -0.15) is 0 Å². The van der Waals surface area contributed by atoms with Crippen molar-refractivity contribution < 1.29 is 14.5 Å². The van der Waals surface area contributed by atoms with Crippen LogP contribution in [0.3, 0.4) is 0 Å². The predicted molar refractivity (Wildman–Crippen MR) is 145 cm³/mol. The van der Waals surface area contributed by atoms with Crippen LogP contribution < -0.4 is 4.89 Å². The Morgan fingerprint density at radius 2 is 1.47 bits per heavy atom. The van der Waals surface area contributed by atoms with Gasteiger partial charge in [0.1, 0.15) is 12.2 Å². The van der Waals surface area contributed by atoms with Gasteiger partial charge in [0.05, 0.1) is 12.1 Å². The van der Waals surface area contributed by atoms with Crippen LogP contribution in [-0.2, 0) is 11.1 Å². The summed E-state index contributed by atoms with van der Waals surface area (Å²) < 4.78 is 8.97. The van der Waals surface area contributed by atoms with Gasteiger partial charge >= 0.3 is 0 Å². The van der Waals surface area contributed by atoms with Crippen molar-refractivity contribution in [3.05, 3.63) is 108 Å². The molecule has 1 heterocycles. The summed E-state index contributed by atoms with van der Waals surface area (Å²) in [6.07, 6.45) is 2.06. The summed E-state index contributed by atoms with van der Waals surface area (Å²) in [6, 6.07) is 29.6. The molecule has 5 rings (SSSR count). The fourth-order valence-corrected chi connectivity index (χ4v) is 9.83. The first-order chi connectivity index (χ1) is 17.3. The topological polar surface area (TPSA) is 55.8 Å². The quantitative estimate of drug-likeness (QED) is 0.380. The van der Waals surface area contributed by atoms with E-state index in [0.717, 1.165) is 36.0 Å². The maximum Gasteiger partial charge on any atom is 0.185 e. The summed E-state index contributed by atoms with van der Waals surface area (Å²) in [4.78, 5) is 15.6. The van der Waals surface area contributed by atoms with Gasteiger partial charge < -0.3 is 10.00 Å². The predicted octanol–water partition coefficient (Wildman–Crippen LogP) is 6.70. The van der Waals surface area contributed by atoms with E-state index >= 15 is 4.89 Å². The van der Waals surface area contributed by atoms with Crippen LogP contribution in [0.15, 0.2) is 91.0 Å².